The summed E-state index contributed by atoms with van der Waals surface area (Å²) in [5.74, 6) is -0.835. The van der Waals surface area contributed by atoms with Crippen molar-refractivity contribution in [3.8, 4) is 23.1 Å². The Morgan fingerprint density at radius 3 is 2.68 bits per heavy atom. The SMILES string of the molecule is COCCOc1cnc(NC(=O)/C(C#N)=C(\O)c2cnoc2C)nc1-c1ccccc1. The molecule has 2 heterocycles. The number of rotatable bonds is 8. The van der Waals surface area contributed by atoms with E-state index in [4.69, 9.17) is 14.0 Å². The number of methoxy groups -OCH3 is 1. The molecule has 2 aromatic heterocycles. The van der Waals surface area contributed by atoms with Crippen molar-refractivity contribution in [3.63, 3.8) is 0 Å². The zero-order chi connectivity index (χ0) is 22.2. The van der Waals surface area contributed by atoms with Gasteiger partial charge in [0.1, 0.15) is 24.1 Å². The lowest BCUT2D eigenvalue weighted by Crippen LogP contribution is -2.17. The zero-order valence-corrected chi connectivity index (χ0v) is 16.8. The van der Waals surface area contributed by atoms with E-state index in [2.05, 4.69) is 20.4 Å². The molecule has 0 saturated heterocycles. The third kappa shape index (κ3) is 5.04. The lowest BCUT2D eigenvalue weighted by molar-refractivity contribution is -0.112. The molecule has 0 aliphatic carbocycles. The minimum absolute atomic E-state index is 0.0643. The smallest absolute Gasteiger partial charge is 0.272 e. The third-order valence-electron chi connectivity index (χ3n) is 4.15. The van der Waals surface area contributed by atoms with Crippen LogP contribution < -0.4 is 10.1 Å². The van der Waals surface area contributed by atoms with Gasteiger partial charge in [0.2, 0.25) is 5.95 Å². The summed E-state index contributed by atoms with van der Waals surface area (Å²) in [6.45, 7) is 2.21. The number of aliphatic hydroxyl groups excluding tert-OH is 1. The maximum absolute atomic E-state index is 12.6. The van der Waals surface area contributed by atoms with Gasteiger partial charge in [0.15, 0.2) is 17.1 Å². The van der Waals surface area contributed by atoms with Crippen LogP contribution >= 0.6 is 0 Å². The fourth-order valence-corrected chi connectivity index (χ4v) is 2.61. The quantitative estimate of drug-likeness (QED) is 0.243. The van der Waals surface area contributed by atoms with Gasteiger partial charge >= 0.3 is 0 Å². The Bertz CT molecular complexity index is 1130. The van der Waals surface area contributed by atoms with Crippen molar-refractivity contribution in [1.29, 1.82) is 5.26 Å². The topological polar surface area (TPSA) is 143 Å². The van der Waals surface area contributed by atoms with Gasteiger partial charge in [-0.15, -0.1) is 0 Å². The number of amides is 1. The van der Waals surface area contributed by atoms with E-state index < -0.39 is 17.2 Å². The molecule has 1 aromatic carbocycles. The second kappa shape index (κ2) is 10.00. The molecular formula is C21H19N5O5. The van der Waals surface area contributed by atoms with Crippen molar-refractivity contribution in [3.05, 3.63) is 59.6 Å². The Morgan fingerprint density at radius 2 is 2.03 bits per heavy atom. The van der Waals surface area contributed by atoms with E-state index in [-0.39, 0.29) is 17.3 Å². The number of hydrogen-bond acceptors (Lipinski definition) is 9. The first-order chi connectivity index (χ1) is 15.0. The van der Waals surface area contributed by atoms with Crippen molar-refractivity contribution in [2.75, 3.05) is 25.6 Å². The van der Waals surface area contributed by atoms with E-state index in [0.717, 1.165) is 5.56 Å². The van der Waals surface area contributed by atoms with Crippen LogP contribution in [-0.4, -0.2) is 46.5 Å². The monoisotopic (exact) mass is 421 g/mol. The predicted molar refractivity (Wildman–Crippen MR) is 110 cm³/mol. The molecule has 0 fully saturated rings. The minimum atomic E-state index is -0.882. The highest BCUT2D eigenvalue weighted by atomic mass is 16.5. The van der Waals surface area contributed by atoms with Gasteiger partial charge in [0.25, 0.3) is 5.91 Å². The number of carbonyl (C=O) groups is 1. The molecule has 0 unspecified atom stereocenters. The number of aromatic nitrogens is 3. The van der Waals surface area contributed by atoms with Gasteiger partial charge in [-0.2, -0.15) is 5.26 Å². The number of nitriles is 1. The predicted octanol–water partition coefficient (Wildman–Crippen LogP) is 2.90. The molecule has 3 aromatic rings. The number of nitrogens with zero attached hydrogens (tertiary/aromatic N) is 4. The van der Waals surface area contributed by atoms with Crippen LogP contribution in [0.5, 0.6) is 5.75 Å². The van der Waals surface area contributed by atoms with Crippen LogP contribution in [-0.2, 0) is 9.53 Å². The lowest BCUT2D eigenvalue weighted by Gasteiger charge is -2.12. The van der Waals surface area contributed by atoms with Crippen LogP contribution in [0.1, 0.15) is 11.3 Å². The van der Waals surface area contributed by atoms with Crippen LogP contribution in [0.15, 0.2) is 52.8 Å². The average Bonchev–Trinajstić information content (AvgIpc) is 3.21. The summed E-state index contributed by atoms with van der Waals surface area (Å²) >= 11 is 0. The van der Waals surface area contributed by atoms with Crippen molar-refractivity contribution in [1.82, 2.24) is 15.1 Å². The molecule has 0 radical (unpaired) electrons. The fraction of sp³-hybridized carbons (Fsp3) is 0.190. The van der Waals surface area contributed by atoms with Crippen LogP contribution in [0.4, 0.5) is 5.95 Å². The fourth-order valence-electron chi connectivity index (χ4n) is 2.61. The number of benzene rings is 1. The summed E-state index contributed by atoms with van der Waals surface area (Å²) in [7, 11) is 1.56. The molecule has 1 amide bonds. The molecule has 31 heavy (non-hydrogen) atoms. The Balaban J connectivity index is 1.91. The second-order valence-corrected chi connectivity index (χ2v) is 6.20. The van der Waals surface area contributed by atoms with Crippen LogP contribution in [0.2, 0.25) is 0 Å². The highest BCUT2D eigenvalue weighted by Crippen LogP contribution is 2.28. The van der Waals surface area contributed by atoms with Crippen molar-refractivity contribution in [2.24, 2.45) is 0 Å². The van der Waals surface area contributed by atoms with Gasteiger partial charge in [-0.05, 0) is 6.92 Å². The Morgan fingerprint density at radius 1 is 1.26 bits per heavy atom. The van der Waals surface area contributed by atoms with E-state index in [1.807, 2.05) is 30.3 Å². The molecule has 0 spiro atoms. The number of hydrogen-bond donors (Lipinski definition) is 2. The molecule has 0 atom stereocenters. The second-order valence-electron chi connectivity index (χ2n) is 6.20. The van der Waals surface area contributed by atoms with Crippen molar-refractivity contribution in [2.45, 2.75) is 6.92 Å². The average molecular weight is 421 g/mol. The van der Waals surface area contributed by atoms with Gasteiger partial charge < -0.3 is 19.1 Å². The summed E-state index contributed by atoms with van der Waals surface area (Å²) in [5.41, 5.74) is 0.798. The Labute approximate surface area is 177 Å². The number of ether oxygens (including phenoxy) is 2. The highest BCUT2D eigenvalue weighted by Gasteiger charge is 2.21. The maximum atomic E-state index is 12.6. The molecule has 2 N–H and O–H groups in total. The first kappa shape index (κ1) is 21.5. The zero-order valence-electron chi connectivity index (χ0n) is 16.8. The van der Waals surface area contributed by atoms with E-state index in [1.165, 1.54) is 12.4 Å². The van der Waals surface area contributed by atoms with Gasteiger partial charge in [-0.25, -0.2) is 9.97 Å². The summed E-state index contributed by atoms with van der Waals surface area (Å²) < 4.78 is 15.5. The highest BCUT2D eigenvalue weighted by molar-refractivity contribution is 6.10. The molecule has 3 rings (SSSR count). The Kier molecular flexibility index (Phi) is 6.93. The summed E-state index contributed by atoms with van der Waals surface area (Å²) in [6.07, 6.45) is 2.63. The van der Waals surface area contributed by atoms with Gasteiger partial charge in [0, 0.05) is 12.7 Å². The normalized spacial score (nSPS) is 11.4. The maximum Gasteiger partial charge on any atom is 0.272 e. The number of aryl methyl sites for hydroxylation is 1. The number of anilines is 1. The largest absolute Gasteiger partial charge is 0.506 e. The standard InChI is InChI=1S/C21H19N5O5/c1-13-16(11-24-31-13)19(27)15(10-22)20(28)26-21-23-12-17(30-9-8-29-2)18(25-21)14-6-4-3-5-7-14/h3-7,11-12,27H,8-9H2,1-2H3,(H,23,25,26,28)/b19-15-. The number of aliphatic hydroxyl groups is 1. The van der Waals surface area contributed by atoms with E-state index >= 15 is 0 Å². The molecule has 0 saturated carbocycles. The van der Waals surface area contributed by atoms with E-state index in [1.54, 1.807) is 20.1 Å². The lowest BCUT2D eigenvalue weighted by atomic mass is 10.1. The van der Waals surface area contributed by atoms with Crippen LogP contribution in [0.25, 0.3) is 17.0 Å². The minimum Gasteiger partial charge on any atom is -0.506 e. The third-order valence-corrected chi connectivity index (χ3v) is 4.15. The summed E-state index contributed by atoms with van der Waals surface area (Å²) in [6, 6.07) is 10.9. The summed E-state index contributed by atoms with van der Waals surface area (Å²) in [4.78, 5) is 21.1. The number of carbonyl (C=O) groups excluding carboxylic acids is 1. The molecular weight excluding hydrogens is 402 g/mol. The molecule has 158 valence electrons. The molecule has 10 heteroatoms. The molecule has 0 aliphatic heterocycles. The van der Waals surface area contributed by atoms with Gasteiger partial charge in [-0.3, -0.25) is 10.1 Å². The number of nitrogens with one attached hydrogen (secondary N) is 1. The van der Waals surface area contributed by atoms with E-state index in [0.29, 0.717) is 24.7 Å². The van der Waals surface area contributed by atoms with Crippen molar-refractivity contribution < 1.29 is 23.9 Å². The van der Waals surface area contributed by atoms with Gasteiger partial charge in [0.05, 0.1) is 24.6 Å². The Hall–Kier alpha value is -4.23. The first-order valence-corrected chi connectivity index (χ1v) is 9.15. The van der Waals surface area contributed by atoms with Gasteiger partial charge in [-0.1, -0.05) is 35.5 Å². The van der Waals surface area contributed by atoms with Crippen LogP contribution in [0.3, 0.4) is 0 Å². The first-order valence-electron chi connectivity index (χ1n) is 9.15. The van der Waals surface area contributed by atoms with E-state index in [9.17, 15) is 15.2 Å². The molecule has 10 nitrogen and oxygen atoms in total. The van der Waals surface area contributed by atoms with Crippen molar-refractivity contribution >= 4 is 17.6 Å². The molecule has 0 aliphatic rings. The summed E-state index contributed by atoms with van der Waals surface area (Å²) in [5, 5.41) is 25.7. The van der Waals surface area contributed by atoms with Crippen LogP contribution in [0, 0.1) is 18.3 Å². The molecule has 0 bridgehead atoms.